The van der Waals surface area contributed by atoms with Gasteiger partial charge in [0.05, 0.1) is 0 Å². The molecule has 1 atom stereocenters. The minimum atomic E-state index is -0.334. The zero-order valence-electron chi connectivity index (χ0n) is 9.78. The SMILES string of the molecule is C=CC1=CCCCOC1(C)c1ccccc1. The first-order valence-corrected chi connectivity index (χ1v) is 5.80. The Morgan fingerprint density at radius 2 is 2.06 bits per heavy atom. The van der Waals surface area contributed by atoms with Crippen LogP contribution < -0.4 is 0 Å². The Balaban J connectivity index is 2.44. The largest absolute Gasteiger partial charge is 0.366 e. The van der Waals surface area contributed by atoms with Gasteiger partial charge in [0.25, 0.3) is 0 Å². The van der Waals surface area contributed by atoms with Crippen LogP contribution in [0.2, 0.25) is 0 Å². The lowest BCUT2D eigenvalue weighted by atomic mass is 9.87. The normalized spacial score (nSPS) is 25.7. The van der Waals surface area contributed by atoms with Crippen molar-refractivity contribution in [3.05, 3.63) is 60.2 Å². The molecule has 0 saturated carbocycles. The Labute approximate surface area is 97.4 Å². The monoisotopic (exact) mass is 214 g/mol. The number of hydrogen-bond acceptors (Lipinski definition) is 1. The highest BCUT2D eigenvalue weighted by molar-refractivity contribution is 5.37. The standard InChI is InChI=1S/C15H18O/c1-3-13-9-7-8-12-16-15(13,2)14-10-5-4-6-11-14/h3-6,9-11H,1,7-8,12H2,2H3. The summed E-state index contributed by atoms with van der Waals surface area (Å²) in [5, 5.41) is 0. The van der Waals surface area contributed by atoms with Crippen LogP contribution in [0.4, 0.5) is 0 Å². The molecule has 1 heterocycles. The predicted molar refractivity (Wildman–Crippen MR) is 67.3 cm³/mol. The fraction of sp³-hybridized carbons (Fsp3) is 0.333. The van der Waals surface area contributed by atoms with Gasteiger partial charge in [0, 0.05) is 6.61 Å². The maximum absolute atomic E-state index is 6.04. The third-order valence-corrected chi connectivity index (χ3v) is 3.20. The van der Waals surface area contributed by atoms with E-state index in [9.17, 15) is 0 Å². The van der Waals surface area contributed by atoms with E-state index in [1.807, 2.05) is 12.1 Å². The lowest BCUT2D eigenvalue weighted by Crippen LogP contribution is -2.27. The van der Waals surface area contributed by atoms with Crippen LogP contribution >= 0.6 is 0 Å². The summed E-state index contributed by atoms with van der Waals surface area (Å²) in [5.41, 5.74) is 2.04. The van der Waals surface area contributed by atoms with E-state index in [1.165, 1.54) is 11.1 Å². The molecule has 1 aliphatic heterocycles. The molecule has 0 aromatic heterocycles. The Morgan fingerprint density at radius 1 is 1.31 bits per heavy atom. The summed E-state index contributed by atoms with van der Waals surface area (Å²) < 4.78 is 6.04. The highest BCUT2D eigenvalue weighted by Crippen LogP contribution is 2.36. The van der Waals surface area contributed by atoms with Crippen LogP contribution in [0.3, 0.4) is 0 Å². The number of ether oxygens (including phenoxy) is 1. The molecule has 1 aliphatic rings. The van der Waals surface area contributed by atoms with Crippen LogP contribution in [0, 0.1) is 0 Å². The Hall–Kier alpha value is -1.34. The third-order valence-electron chi connectivity index (χ3n) is 3.20. The van der Waals surface area contributed by atoms with Crippen molar-refractivity contribution in [2.45, 2.75) is 25.4 Å². The van der Waals surface area contributed by atoms with Crippen molar-refractivity contribution in [3.8, 4) is 0 Å². The first-order valence-electron chi connectivity index (χ1n) is 5.80. The van der Waals surface area contributed by atoms with Crippen LogP contribution in [0.25, 0.3) is 0 Å². The molecular formula is C15H18O. The molecule has 0 N–H and O–H groups in total. The van der Waals surface area contributed by atoms with Gasteiger partial charge >= 0.3 is 0 Å². The second-order valence-corrected chi connectivity index (χ2v) is 4.25. The van der Waals surface area contributed by atoms with Crippen molar-refractivity contribution in [1.82, 2.24) is 0 Å². The first-order chi connectivity index (χ1) is 7.77. The molecule has 0 fully saturated rings. The lowest BCUT2D eigenvalue weighted by Gasteiger charge is -2.30. The van der Waals surface area contributed by atoms with Crippen LogP contribution in [-0.4, -0.2) is 6.61 Å². The van der Waals surface area contributed by atoms with Crippen LogP contribution in [0.15, 0.2) is 54.6 Å². The molecule has 16 heavy (non-hydrogen) atoms. The molecule has 2 rings (SSSR count). The maximum Gasteiger partial charge on any atom is 0.115 e. The van der Waals surface area contributed by atoms with E-state index < -0.39 is 0 Å². The Kier molecular flexibility index (Phi) is 3.25. The zero-order valence-corrected chi connectivity index (χ0v) is 9.78. The van der Waals surface area contributed by atoms with E-state index in [-0.39, 0.29) is 5.60 Å². The van der Waals surface area contributed by atoms with Crippen LogP contribution in [0.5, 0.6) is 0 Å². The highest BCUT2D eigenvalue weighted by atomic mass is 16.5. The molecule has 0 spiro atoms. The van der Waals surface area contributed by atoms with E-state index >= 15 is 0 Å². The van der Waals surface area contributed by atoms with Gasteiger partial charge in [0.15, 0.2) is 0 Å². The zero-order chi connectivity index (χ0) is 11.4. The van der Waals surface area contributed by atoms with Crippen molar-refractivity contribution in [1.29, 1.82) is 0 Å². The van der Waals surface area contributed by atoms with Crippen LogP contribution in [-0.2, 0) is 10.3 Å². The summed E-state index contributed by atoms with van der Waals surface area (Å²) in [6.07, 6.45) is 6.31. The average molecular weight is 214 g/mol. The minimum Gasteiger partial charge on any atom is -0.366 e. The quantitative estimate of drug-likeness (QED) is 0.727. The second-order valence-electron chi connectivity index (χ2n) is 4.25. The molecule has 0 saturated heterocycles. The van der Waals surface area contributed by atoms with E-state index in [4.69, 9.17) is 4.74 Å². The summed E-state index contributed by atoms with van der Waals surface area (Å²) in [6, 6.07) is 10.4. The fourth-order valence-corrected chi connectivity index (χ4v) is 2.18. The van der Waals surface area contributed by atoms with Gasteiger partial charge in [-0.3, -0.25) is 0 Å². The molecule has 84 valence electrons. The van der Waals surface area contributed by atoms with E-state index in [1.54, 1.807) is 0 Å². The van der Waals surface area contributed by atoms with Crippen LogP contribution in [0.1, 0.15) is 25.3 Å². The average Bonchev–Trinajstić information content (AvgIpc) is 2.53. The van der Waals surface area contributed by atoms with Gasteiger partial charge in [0.2, 0.25) is 0 Å². The summed E-state index contributed by atoms with van der Waals surface area (Å²) in [7, 11) is 0. The minimum absolute atomic E-state index is 0.334. The summed E-state index contributed by atoms with van der Waals surface area (Å²) in [5.74, 6) is 0. The molecule has 1 nitrogen and oxygen atoms in total. The predicted octanol–water partition coefficient (Wildman–Crippen LogP) is 3.82. The number of benzene rings is 1. The third kappa shape index (κ3) is 1.96. The van der Waals surface area contributed by atoms with Gasteiger partial charge in [-0.1, -0.05) is 49.1 Å². The van der Waals surface area contributed by atoms with Crippen molar-refractivity contribution >= 4 is 0 Å². The van der Waals surface area contributed by atoms with Crippen molar-refractivity contribution in [3.63, 3.8) is 0 Å². The number of allylic oxidation sites excluding steroid dienone is 1. The van der Waals surface area contributed by atoms with Gasteiger partial charge in [-0.25, -0.2) is 0 Å². The Morgan fingerprint density at radius 3 is 2.75 bits per heavy atom. The topological polar surface area (TPSA) is 9.23 Å². The molecule has 0 amide bonds. The highest BCUT2D eigenvalue weighted by Gasteiger charge is 2.31. The molecule has 1 aromatic carbocycles. The molecular weight excluding hydrogens is 196 g/mol. The molecule has 0 radical (unpaired) electrons. The number of rotatable bonds is 2. The van der Waals surface area contributed by atoms with Crippen molar-refractivity contribution in [2.24, 2.45) is 0 Å². The maximum atomic E-state index is 6.04. The fourth-order valence-electron chi connectivity index (χ4n) is 2.18. The van der Waals surface area contributed by atoms with E-state index in [0.717, 1.165) is 19.4 Å². The first kappa shape index (κ1) is 11.2. The number of hydrogen-bond donors (Lipinski definition) is 0. The van der Waals surface area contributed by atoms with Gasteiger partial charge in [-0.05, 0) is 30.9 Å². The Bertz CT molecular complexity index is 391. The molecule has 1 heteroatoms. The summed E-state index contributed by atoms with van der Waals surface area (Å²) in [4.78, 5) is 0. The second kappa shape index (κ2) is 4.67. The van der Waals surface area contributed by atoms with Gasteiger partial charge < -0.3 is 4.74 Å². The van der Waals surface area contributed by atoms with Crippen molar-refractivity contribution in [2.75, 3.05) is 6.61 Å². The molecule has 1 unspecified atom stereocenters. The van der Waals surface area contributed by atoms with Gasteiger partial charge in [-0.2, -0.15) is 0 Å². The molecule has 0 bridgehead atoms. The summed E-state index contributed by atoms with van der Waals surface area (Å²) in [6.45, 7) is 6.83. The van der Waals surface area contributed by atoms with Crippen molar-refractivity contribution < 1.29 is 4.74 Å². The lowest BCUT2D eigenvalue weighted by molar-refractivity contribution is -0.00128. The van der Waals surface area contributed by atoms with E-state index in [2.05, 4.69) is 43.8 Å². The summed E-state index contributed by atoms with van der Waals surface area (Å²) >= 11 is 0. The molecule has 0 aliphatic carbocycles. The van der Waals surface area contributed by atoms with Gasteiger partial charge in [0.1, 0.15) is 5.60 Å². The van der Waals surface area contributed by atoms with E-state index in [0.29, 0.717) is 0 Å². The van der Waals surface area contributed by atoms with Gasteiger partial charge in [-0.15, -0.1) is 0 Å². The molecule has 1 aromatic rings. The smallest absolute Gasteiger partial charge is 0.115 e.